The number of hydrogen-bond donors (Lipinski definition) is 2. The Kier molecular flexibility index (Phi) is 9.73. The van der Waals surface area contributed by atoms with Crippen molar-refractivity contribution in [3.05, 3.63) is 29.8 Å². The van der Waals surface area contributed by atoms with Crippen molar-refractivity contribution in [2.75, 3.05) is 26.2 Å². The van der Waals surface area contributed by atoms with Gasteiger partial charge in [-0.25, -0.2) is 8.42 Å². The minimum Gasteiger partial charge on any atom is -0.355 e. The minimum absolute atomic E-state index is 0. The predicted molar refractivity (Wildman–Crippen MR) is 110 cm³/mol. The summed E-state index contributed by atoms with van der Waals surface area (Å²) in [4.78, 5) is 12.4. The third-order valence-electron chi connectivity index (χ3n) is 4.77. The van der Waals surface area contributed by atoms with E-state index in [9.17, 15) is 13.2 Å². The first-order valence-corrected chi connectivity index (χ1v) is 10.9. The molecule has 8 heteroatoms. The molecule has 6 nitrogen and oxygen atoms in total. The predicted octanol–water partition coefficient (Wildman–Crippen LogP) is 2.17. The molecule has 3 N–H and O–H groups in total. The van der Waals surface area contributed by atoms with Crippen LogP contribution in [0.3, 0.4) is 0 Å². The maximum Gasteiger partial charge on any atom is 0.243 e. The molecular weight excluding hydrogens is 386 g/mol. The summed E-state index contributed by atoms with van der Waals surface area (Å²) in [6.07, 6.45) is 3.42. The van der Waals surface area contributed by atoms with Gasteiger partial charge in [-0.15, -0.1) is 12.4 Å². The van der Waals surface area contributed by atoms with Crippen LogP contribution in [-0.4, -0.2) is 44.8 Å². The van der Waals surface area contributed by atoms with E-state index in [1.165, 1.54) is 4.31 Å². The van der Waals surface area contributed by atoms with E-state index in [1.54, 1.807) is 12.1 Å². The smallest absolute Gasteiger partial charge is 0.243 e. The molecule has 1 amide bonds. The Morgan fingerprint density at radius 1 is 1.30 bits per heavy atom. The number of piperidine rings is 1. The number of benzene rings is 1. The number of hydrogen-bond acceptors (Lipinski definition) is 4. The van der Waals surface area contributed by atoms with Gasteiger partial charge in [0.25, 0.3) is 0 Å². The quantitative estimate of drug-likeness (QED) is 0.677. The molecule has 1 heterocycles. The molecule has 1 aliphatic heterocycles. The van der Waals surface area contributed by atoms with E-state index in [0.29, 0.717) is 43.3 Å². The van der Waals surface area contributed by atoms with E-state index in [0.717, 1.165) is 18.4 Å². The summed E-state index contributed by atoms with van der Waals surface area (Å²) < 4.78 is 27.3. The lowest BCUT2D eigenvalue weighted by molar-refractivity contribution is -0.126. The van der Waals surface area contributed by atoms with Gasteiger partial charge >= 0.3 is 0 Å². The van der Waals surface area contributed by atoms with Gasteiger partial charge in [-0.3, -0.25) is 4.79 Å². The molecule has 1 fully saturated rings. The summed E-state index contributed by atoms with van der Waals surface area (Å²) in [6, 6.07) is 7.15. The summed E-state index contributed by atoms with van der Waals surface area (Å²) in [5, 5.41) is 2.76. The van der Waals surface area contributed by atoms with Crippen molar-refractivity contribution < 1.29 is 13.2 Å². The molecule has 1 aromatic carbocycles. The number of carbonyl (C=O) groups is 1. The fraction of sp³-hybridized carbons (Fsp3) is 0.632. The van der Waals surface area contributed by atoms with Crippen LogP contribution in [0.4, 0.5) is 0 Å². The Balaban J connectivity index is 0.00000364. The van der Waals surface area contributed by atoms with Gasteiger partial charge in [-0.05, 0) is 49.3 Å². The third-order valence-corrected chi connectivity index (χ3v) is 6.65. The van der Waals surface area contributed by atoms with Crippen molar-refractivity contribution in [1.29, 1.82) is 0 Å². The van der Waals surface area contributed by atoms with Gasteiger partial charge in [-0.1, -0.05) is 26.0 Å². The number of aryl methyl sites for hydroxylation is 1. The first-order valence-electron chi connectivity index (χ1n) is 9.41. The average molecular weight is 418 g/mol. The van der Waals surface area contributed by atoms with Crippen LogP contribution in [0.5, 0.6) is 0 Å². The van der Waals surface area contributed by atoms with Crippen LogP contribution in [-0.2, 0) is 21.2 Å². The first kappa shape index (κ1) is 23.9. The molecule has 1 atom stereocenters. The normalized spacial score (nSPS) is 18.1. The fourth-order valence-electron chi connectivity index (χ4n) is 3.15. The number of halogens is 1. The first-order chi connectivity index (χ1) is 12.3. The molecule has 27 heavy (non-hydrogen) atoms. The molecule has 0 bridgehead atoms. The van der Waals surface area contributed by atoms with Gasteiger partial charge in [0, 0.05) is 26.2 Å². The van der Waals surface area contributed by atoms with E-state index in [1.807, 2.05) is 12.1 Å². The van der Waals surface area contributed by atoms with Crippen molar-refractivity contribution in [3.63, 3.8) is 0 Å². The standard InChI is InChI=1S/C19H31N3O3S.ClH/c1-15(2)5-6-16-7-9-18(10-8-16)26(24,25)22-13-3-4-17(14-22)19(23)21-12-11-20;/h7-10,15,17H,3-6,11-14,20H2,1-2H3,(H,21,23);1H. The highest BCUT2D eigenvalue weighted by atomic mass is 35.5. The van der Waals surface area contributed by atoms with Crippen molar-refractivity contribution in [2.45, 2.75) is 44.4 Å². The molecule has 0 aromatic heterocycles. The number of rotatable bonds is 8. The van der Waals surface area contributed by atoms with Crippen LogP contribution in [0.25, 0.3) is 0 Å². The Hall–Kier alpha value is -1.15. The summed E-state index contributed by atoms with van der Waals surface area (Å²) >= 11 is 0. The zero-order valence-corrected chi connectivity index (χ0v) is 17.8. The van der Waals surface area contributed by atoms with Gasteiger partial charge in [0.15, 0.2) is 0 Å². The number of sulfonamides is 1. The maximum atomic E-state index is 12.9. The maximum absolute atomic E-state index is 12.9. The zero-order valence-electron chi connectivity index (χ0n) is 16.2. The lowest BCUT2D eigenvalue weighted by atomic mass is 9.99. The second kappa shape index (κ2) is 11.0. The summed E-state index contributed by atoms with van der Waals surface area (Å²) in [5.74, 6) is 0.198. The van der Waals surface area contributed by atoms with Gasteiger partial charge in [0.2, 0.25) is 15.9 Å². The Labute approximate surface area is 169 Å². The Morgan fingerprint density at radius 3 is 2.56 bits per heavy atom. The van der Waals surface area contributed by atoms with Crippen molar-refractivity contribution in [1.82, 2.24) is 9.62 Å². The van der Waals surface area contributed by atoms with E-state index in [4.69, 9.17) is 5.73 Å². The molecule has 1 saturated heterocycles. The molecule has 0 aliphatic carbocycles. The Bertz CT molecular complexity index is 693. The van der Waals surface area contributed by atoms with E-state index < -0.39 is 10.0 Å². The molecule has 0 spiro atoms. The number of nitrogens with one attached hydrogen (secondary N) is 1. The minimum atomic E-state index is -3.57. The number of nitrogens with two attached hydrogens (primary N) is 1. The highest BCUT2D eigenvalue weighted by molar-refractivity contribution is 7.89. The molecule has 0 saturated carbocycles. The van der Waals surface area contributed by atoms with Crippen LogP contribution in [0.1, 0.15) is 38.7 Å². The van der Waals surface area contributed by atoms with Crippen LogP contribution in [0.15, 0.2) is 29.2 Å². The monoisotopic (exact) mass is 417 g/mol. The lowest BCUT2D eigenvalue weighted by Gasteiger charge is -2.31. The molecular formula is C19H32ClN3O3S. The van der Waals surface area contributed by atoms with Crippen LogP contribution in [0, 0.1) is 11.8 Å². The second-order valence-corrected chi connectivity index (χ2v) is 9.30. The van der Waals surface area contributed by atoms with Crippen molar-refractivity contribution in [2.24, 2.45) is 17.6 Å². The third kappa shape index (κ3) is 6.75. The summed E-state index contributed by atoms with van der Waals surface area (Å²) in [5.41, 5.74) is 6.56. The fourth-order valence-corrected chi connectivity index (χ4v) is 4.67. The lowest BCUT2D eigenvalue weighted by Crippen LogP contribution is -2.46. The van der Waals surface area contributed by atoms with Crippen LogP contribution >= 0.6 is 12.4 Å². The number of carbonyl (C=O) groups excluding carboxylic acids is 1. The second-order valence-electron chi connectivity index (χ2n) is 7.36. The van der Waals surface area contributed by atoms with E-state index >= 15 is 0 Å². The molecule has 1 aliphatic rings. The molecule has 154 valence electrons. The summed E-state index contributed by atoms with van der Waals surface area (Å²) in [6.45, 7) is 5.83. The number of amides is 1. The molecule has 0 radical (unpaired) electrons. The van der Waals surface area contributed by atoms with Gasteiger partial charge in [0.05, 0.1) is 10.8 Å². The highest BCUT2D eigenvalue weighted by Gasteiger charge is 2.33. The van der Waals surface area contributed by atoms with E-state index in [-0.39, 0.29) is 30.8 Å². The van der Waals surface area contributed by atoms with Crippen LogP contribution in [0.2, 0.25) is 0 Å². The molecule has 2 rings (SSSR count). The van der Waals surface area contributed by atoms with Gasteiger partial charge in [-0.2, -0.15) is 4.31 Å². The topological polar surface area (TPSA) is 92.5 Å². The zero-order chi connectivity index (χ0) is 19.2. The number of nitrogens with zero attached hydrogens (tertiary/aromatic N) is 1. The highest BCUT2D eigenvalue weighted by Crippen LogP contribution is 2.24. The van der Waals surface area contributed by atoms with Gasteiger partial charge < -0.3 is 11.1 Å². The van der Waals surface area contributed by atoms with Crippen LogP contribution < -0.4 is 11.1 Å². The largest absolute Gasteiger partial charge is 0.355 e. The summed E-state index contributed by atoms with van der Waals surface area (Å²) in [7, 11) is -3.57. The molecule has 1 unspecified atom stereocenters. The average Bonchev–Trinajstić information content (AvgIpc) is 2.64. The van der Waals surface area contributed by atoms with E-state index in [2.05, 4.69) is 19.2 Å². The Morgan fingerprint density at radius 2 is 1.96 bits per heavy atom. The van der Waals surface area contributed by atoms with Crippen molar-refractivity contribution >= 4 is 28.3 Å². The molecule has 1 aromatic rings. The SMILES string of the molecule is CC(C)CCc1ccc(S(=O)(=O)N2CCCC(C(=O)NCCN)C2)cc1.Cl. The van der Waals surface area contributed by atoms with Crippen molar-refractivity contribution in [3.8, 4) is 0 Å². The van der Waals surface area contributed by atoms with Gasteiger partial charge in [0.1, 0.15) is 0 Å².